The van der Waals surface area contributed by atoms with Crippen LogP contribution in [0.1, 0.15) is 20.3 Å². The number of hydrogen-bond donors (Lipinski definition) is 0. The van der Waals surface area contributed by atoms with Gasteiger partial charge in [0.15, 0.2) is 23.2 Å². The molecular formula is C15H17BrFN3O2. The lowest BCUT2D eigenvalue weighted by Gasteiger charge is -2.08. The van der Waals surface area contributed by atoms with Crippen molar-refractivity contribution in [2.75, 3.05) is 7.11 Å². The van der Waals surface area contributed by atoms with Gasteiger partial charge in [0.1, 0.15) is 6.54 Å². The minimum Gasteiger partial charge on any atom is -0.494 e. The Kier molecular flexibility index (Phi) is 5.28. The molecule has 0 aliphatic rings. The second-order valence-corrected chi connectivity index (χ2v) is 6.06. The number of rotatable bonds is 6. The molecule has 0 saturated heterocycles. The van der Waals surface area contributed by atoms with Gasteiger partial charge in [0, 0.05) is 12.0 Å². The van der Waals surface area contributed by atoms with Crippen LogP contribution in [0.25, 0.3) is 11.4 Å². The number of carbonyl (C=O) groups is 1. The molecule has 0 radical (unpaired) electrons. The predicted molar refractivity (Wildman–Crippen MR) is 84.1 cm³/mol. The molecule has 0 atom stereocenters. The van der Waals surface area contributed by atoms with E-state index in [1.807, 2.05) is 13.8 Å². The average molecular weight is 370 g/mol. The van der Waals surface area contributed by atoms with E-state index in [9.17, 15) is 9.18 Å². The van der Waals surface area contributed by atoms with Crippen LogP contribution in [0, 0.1) is 11.7 Å². The molecule has 0 saturated carbocycles. The molecule has 0 N–H and O–H groups in total. The van der Waals surface area contributed by atoms with Gasteiger partial charge < -0.3 is 4.74 Å². The first kappa shape index (κ1) is 16.6. The van der Waals surface area contributed by atoms with Crippen molar-refractivity contribution >= 4 is 21.7 Å². The average Bonchev–Trinajstić information content (AvgIpc) is 2.79. The molecule has 22 heavy (non-hydrogen) atoms. The highest BCUT2D eigenvalue weighted by atomic mass is 79.9. The van der Waals surface area contributed by atoms with Crippen molar-refractivity contribution in [1.29, 1.82) is 0 Å². The fourth-order valence-corrected chi connectivity index (χ4v) is 2.48. The Morgan fingerprint density at radius 2 is 2.18 bits per heavy atom. The zero-order chi connectivity index (χ0) is 16.3. The summed E-state index contributed by atoms with van der Waals surface area (Å²) in [4.78, 5) is 16.3. The van der Waals surface area contributed by atoms with Crippen LogP contribution in [-0.4, -0.2) is 27.7 Å². The maximum absolute atomic E-state index is 13.5. The largest absolute Gasteiger partial charge is 0.494 e. The fourth-order valence-electron chi connectivity index (χ4n) is 2.12. The van der Waals surface area contributed by atoms with Crippen LogP contribution in [0.2, 0.25) is 0 Å². The molecule has 0 spiro atoms. The van der Waals surface area contributed by atoms with E-state index < -0.39 is 5.82 Å². The number of aromatic nitrogens is 3. The van der Waals surface area contributed by atoms with Crippen molar-refractivity contribution in [3.63, 3.8) is 0 Å². The topological polar surface area (TPSA) is 57.0 Å². The van der Waals surface area contributed by atoms with Gasteiger partial charge in [0.2, 0.25) is 4.73 Å². The molecule has 0 aliphatic heterocycles. The summed E-state index contributed by atoms with van der Waals surface area (Å²) in [7, 11) is 1.40. The predicted octanol–water partition coefficient (Wildman–Crippen LogP) is 3.47. The molecule has 0 unspecified atom stereocenters. The zero-order valence-electron chi connectivity index (χ0n) is 12.6. The molecule has 1 heterocycles. The minimum absolute atomic E-state index is 0.0720. The molecule has 0 bridgehead atoms. The highest BCUT2D eigenvalue weighted by molar-refractivity contribution is 9.10. The van der Waals surface area contributed by atoms with E-state index in [2.05, 4.69) is 26.0 Å². The standard InChI is InChI=1S/C15H17BrFN3O2/c1-9(2)6-11(21)8-20-14(18-15(16)19-20)10-4-5-12(17)13(7-10)22-3/h4-5,7,9H,6,8H2,1-3H3. The molecule has 5 nitrogen and oxygen atoms in total. The molecule has 1 aromatic heterocycles. The van der Waals surface area contributed by atoms with Crippen LogP contribution >= 0.6 is 15.9 Å². The van der Waals surface area contributed by atoms with Gasteiger partial charge in [0.25, 0.3) is 0 Å². The summed E-state index contributed by atoms with van der Waals surface area (Å²) in [6, 6.07) is 4.42. The molecule has 7 heteroatoms. The number of benzene rings is 1. The maximum atomic E-state index is 13.5. The quantitative estimate of drug-likeness (QED) is 0.782. The third-order valence-electron chi connectivity index (χ3n) is 3.02. The minimum atomic E-state index is -0.452. The Morgan fingerprint density at radius 1 is 1.45 bits per heavy atom. The van der Waals surface area contributed by atoms with E-state index >= 15 is 0 Å². The number of Topliss-reactive ketones (excluding diaryl/α,β-unsaturated/α-hetero) is 1. The highest BCUT2D eigenvalue weighted by Crippen LogP contribution is 2.26. The van der Waals surface area contributed by atoms with Crippen LogP contribution in [0.15, 0.2) is 22.9 Å². The van der Waals surface area contributed by atoms with Crippen molar-refractivity contribution in [1.82, 2.24) is 14.8 Å². The fraction of sp³-hybridized carbons (Fsp3) is 0.400. The van der Waals surface area contributed by atoms with Crippen molar-refractivity contribution in [2.45, 2.75) is 26.8 Å². The van der Waals surface area contributed by atoms with Gasteiger partial charge in [-0.25, -0.2) is 14.1 Å². The molecular weight excluding hydrogens is 353 g/mol. The van der Waals surface area contributed by atoms with E-state index in [1.54, 1.807) is 6.07 Å². The number of hydrogen-bond acceptors (Lipinski definition) is 4. The van der Waals surface area contributed by atoms with Gasteiger partial charge in [-0.3, -0.25) is 4.79 Å². The zero-order valence-corrected chi connectivity index (χ0v) is 14.2. The lowest BCUT2D eigenvalue weighted by atomic mass is 10.1. The Hall–Kier alpha value is -1.76. The summed E-state index contributed by atoms with van der Waals surface area (Å²) in [6.45, 7) is 4.10. The lowest BCUT2D eigenvalue weighted by molar-refractivity contribution is -0.120. The smallest absolute Gasteiger partial charge is 0.217 e. The first-order valence-corrected chi connectivity index (χ1v) is 7.66. The summed E-state index contributed by atoms with van der Waals surface area (Å²) in [5, 5.41) is 4.18. The van der Waals surface area contributed by atoms with E-state index in [4.69, 9.17) is 4.74 Å². The SMILES string of the molecule is COc1cc(-c2nc(Br)nn2CC(=O)CC(C)C)ccc1F. The summed E-state index contributed by atoms with van der Waals surface area (Å²) in [5.74, 6) is 0.516. The molecule has 0 fully saturated rings. The van der Waals surface area contributed by atoms with E-state index in [-0.39, 0.29) is 24.0 Å². The van der Waals surface area contributed by atoms with Crippen LogP contribution in [-0.2, 0) is 11.3 Å². The summed E-state index contributed by atoms with van der Waals surface area (Å²) >= 11 is 3.21. The Morgan fingerprint density at radius 3 is 2.82 bits per heavy atom. The molecule has 118 valence electrons. The first-order chi connectivity index (χ1) is 10.4. The molecule has 1 aromatic carbocycles. The molecule has 2 rings (SSSR count). The van der Waals surface area contributed by atoms with Crippen LogP contribution in [0.3, 0.4) is 0 Å². The second-order valence-electron chi connectivity index (χ2n) is 5.35. The number of carbonyl (C=O) groups excluding carboxylic acids is 1. The van der Waals surface area contributed by atoms with Crippen molar-refractivity contribution in [2.24, 2.45) is 5.92 Å². The number of halogens is 2. The highest BCUT2D eigenvalue weighted by Gasteiger charge is 2.16. The normalized spacial score (nSPS) is 11.0. The van der Waals surface area contributed by atoms with E-state index in [0.29, 0.717) is 22.5 Å². The third-order valence-corrected chi connectivity index (χ3v) is 3.35. The van der Waals surface area contributed by atoms with E-state index in [1.165, 1.54) is 23.9 Å². The van der Waals surface area contributed by atoms with Crippen LogP contribution in [0.5, 0.6) is 5.75 Å². The molecule has 2 aromatic rings. The molecule has 0 amide bonds. The lowest BCUT2D eigenvalue weighted by Crippen LogP contribution is -2.14. The monoisotopic (exact) mass is 369 g/mol. The number of ether oxygens (including phenoxy) is 1. The number of nitrogens with zero attached hydrogens (tertiary/aromatic N) is 3. The first-order valence-electron chi connectivity index (χ1n) is 6.86. The number of ketones is 1. The second kappa shape index (κ2) is 7.00. The van der Waals surface area contributed by atoms with Crippen LogP contribution in [0.4, 0.5) is 4.39 Å². The van der Waals surface area contributed by atoms with Crippen molar-refractivity contribution < 1.29 is 13.9 Å². The van der Waals surface area contributed by atoms with Gasteiger partial charge in [-0.2, -0.15) is 0 Å². The maximum Gasteiger partial charge on any atom is 0.217 e. The van der Waals surface area contributed by atoms with Crippen molar-refractivity contribution in [3.8, 4) is 17.1 Å². The summed E-state index contributed by atoms with van der Waals surface area (Å²) in [5.41, 5.74) is 0.633. The van der Waals surface area contributed by atoms with Gasteiger partial charge in [0.05, 0.1) is 7.11 Å². The van der Waals surface area contributed by atoms with Gasteiger partial charge in [-0.1, -0.05) is 13.8 Å². The van der Waals surface area contributed by atoms with Gasteiger partial charge >= 0.3 is 0 Å². The molecule has 0 aliphatic carbocycles. The van der Waals surface area contributed by atoms with Crippen LogP contribution < -0.4 is 4.74 Å². The van der Waals surface area contributed by atoms with Gasteiger partial charge in [-0.05, 0) is 40.0 Å². The Balaban J connectivity index is 2.34. The summed E-state index contributed by atoms with van der Waals surface area (Å²) < 4.78 is 20.4. The van der Waals surface area contributed by atoms with Crippen molar-refractivity contribution in [3.05, 3.63) is 28.7 Å². The Labute approximate surface area is 136 Å². The Bertz CT molecular complexity index is 685. The van der Waals surface area contributed by atoms with E-state index in [0.717, 1.165) is 0 Å². The van der Waals surface area contributed by atoms with Gasteiger partial charge in [-0.15, -0.1) is 5.10 Å². The number of methoxy groups -OCH3 is 1. The third kappa shape index (κ3) is 3.91. The summed E-state index contributed by atoms with van der Waals surface area (Å²) in [6.07, 6.45) is 0.476.